The molecule has 0 spiro atoms. The van der Waals surface area contributed by atoms with Gasteiger partial charge >= 0.3 is 8.80 Å². The second-order valence-electron chi connectivity index (χ2n) is 4.37. The largest absolute Gasteiger partial charge is 0.500 e. The van der Waals surface area contributed by atoms with E-state index in [-0.39, 0.29) is 24.2 Å². The van der Waals surface area contributed by atoms with Crippen LogP contribution in [0.5, 0.6) is 0 Å². The van der Waals surface area contributed by atoms with Crippen molar-refractivity contribution in [1.82, 2.24) is 4.90 Å². The summed E-state index contributed by atoms with van der Waals surface area (Å²) in [6.07, 6.45) is 0.867. The van der Waals surface area contributed by atoms with Crippen molar-refractivity contribution in [3.05, 3.63) is 0 Å². The van der Waals surface area contributed by atoms with Gasteiger partial charge in [0.15, 0.2) is 0 Å². The zero-order valence-electron chi connectivity index (χ0n) is 13.1. The first-order valence-corrected chi connectivity index (χ1v) is 9.47. The average Bonchev–Trinajstić information content (AvgIpc) is 2.40. The summed E-state index contributed by atoms with van der Waals surface area (Å²) < 4.78 is 17.4. The lowest BCUT2D eigenvalue weighted by molar-refractivity contribution is 0.0694. The van der Waals surface area contributed by atoms with Crippen LogP contribution in [0.1, 0.15) is 27.2 Å². The van der Waals surface area contributed by atoms with Gasteiger partial charge in [-0.25, -0.2) is 0 Å². The van der Waals surface area contributed by atoms with Crippen LogP contribution >= 0.6 is 0 Å². The summed E-state index contributed by atoms with van der Waals surface area (Å²) in [4.78, 5) is 2.03. The molecule has 0 heterocycles. The average molecular weight is 342 g/mol. The highest BCUT2D eigenvalue weighted by Gasteiger charge is 2.39. The molecule has 0 aliphatic rings. The molecule has 0 aliphatic carbocycles. The van der Waals surface area contributed by atoms with Crippen LogP contribution in [-0.4, -0.2) is 87.6 Å². The molecule has 0 atom stereocenters. The topological polar surface area (TPSA) is 71.4 Å². The molecule has 130 valence electrons. The summed E-state index contributed by atoms with van der Waals surface area (Å²) in [6, 6.07) is 0.760. The monoisotopic (exact) mass is 341 g/mol. The van der Waals surface area contributed by atoms with E-state index in [0.29, 0.717) is 32.9 Å². The van der Waals surface area contributed by atoms with Gasteiger partial charge in [-0.15, -0.1) is 0 Å². The number of nitrogens with zero attached hydrogens (tertiary/aromatic N) is 1. The number of hydrogen-bond acceptors (Lipinski definition) is 6. The summed E-state index contributed by atoms with van der Waals surface area (Å²) in [5, 5.41) is 18.0. The molecule has 0 aromatic rings. The fourth-order valence-electron chi connectivity index (χ4n) is 2.14. The van der Waals surface area contributed by atoms with Crippen molar-refractivity contribution in [2.45, 2.75) is 33.2 Å². The lowest BCUT2D eigenvalue weighted by Gasteiger charge is -2.29. The molecule has 0 aromatic carbocycles. The van der Waals surface area contributed by atoms with Gasteiger partial charge in [0.05, 0.1) is 13.2 Å². The Morgan fingerprint density at radius 3 is 1.57 bits per heavy atom. The van der Waals surface area contributed by atoms with Crippen LogP contribution in [0.25, 0.3) is 0 Å². The third-order valence-corrected chi connectivity index (χ3v) is 6.03. The molecule has 0 amide bonds. The van der Waals surface area contributed by atoms with Gasteiger partial charge in [-0.1, -0.05) is 0 Å². The molecular weight excluding hydrogens is 306 g/mol. The van der Waals surface area contributed by atoms with E-state index in [1.807, 2.05) is 25.7 Å². The van der Waals surface area contributed by atoms with E-state index in [2.05, 4.69) is 0 Å². The zero-order valence-corrected chi connectivity index (χ0v) is 14.1. The highest BCUT2D eigenvalue weighted by Crippen LogP contribution is 2.18. The van der Waals surface area contributed by atoms with Crippen LogP contribution in [0.3, 0.4) is 0 Å². The Hall–Kier alpha value is 0.194. The number of rotatable bonds is 14. The van der Waals surface area contributed by atoms with Crippen molar-refractivity contribution >= 4 is 19.8 Å². The van der Waals surface area contributed by atoms with Crippen molar-refractivity contribution < 1.29 is 23.5 Å². The maximum absolute atomic E-state index is 8.99. The van der Waals surface area contributed by atoms with Gasteiger partial charge in [-0.3, -0.25) is 4.90 Å². The van der Waals surface area contributed by atoms with E-state index in [9.17, 15) is 0 Å². The van der Waals surface area contributed by atoms with E-state index < -0.39 is 8.80 Å². The van der Waals surface area contributed by atoms with Crippen molar-refractivity contribution in [2.24, 2.45) is 0 Å². The molecule has 0 saturated carbocycles. The Labute approximate surface area is 134 Å². The lowest BCUT2D eigenvalue weighted by atomic mass is 10.4. The third-order valence-electron chi connectivity index (χ3n) is 2.88. The summed E-state index contributed by atoms with van der Waals surface area (Å²) in [5.41, 5.74) is 0. The first-order valence-electron chi connectivity index (χ1n) is 7.53. The Morgan fingerprint density at radius 2 is 1.24 bits per heavy atom. The molecule has 8 heteroatoms. The van der Waals surface area contributed by atoms with Gasteiger partial charge in [0.2, 0.25) is 0 Å². The maximum atomic E-state index is 8.99. The number of hydrogen-bond donors (Lipinski definition) is 2. The van der Waals surface area contributed by atoms with Crippen LogP contribution in [-0.2, 0) is 13.3 Å². The minimum Gasteiger partial charge on any atom is -0.395 e. The predicted octanol–water partition coefficient (Wildman–Crippen LogP) is -0.740. The van der Waals surface area contributed by atoms with Crippen molar-refractivity contribution in [3.8, 4) is 0 Å². The molecule has 0 radical (unpaired) electrons. The van der Waals surface area contributed by atoms with Gasteiger partial charge in [-0.2, -0.15) is 0 Å². The highest BCUT2D eigenvalue weighted by molar-refractivity contribution is 6.60. The van der Waals surface area contributed by atoms with Crippen LogP contribution in [0, 0.1) is 0 Å². The molecule has 0 aromatic heterocycles. The second kappa shape index (κ2) is 15.1. The van der Waals surface area contributed by atoms with Gasteiger partial charge in [0.1, 0.15) is 0 Å². The van der Waals surface area contributed by atoms with E-state index in [1.165, 1.54) is 0 Å². The number of aliphatic hydroxyl groups excluding tert-OH is 2. The molecule has 0 saturated heterocycles. The van der Waals surface area contributed by atoms with Crippen molar-refractivity contribution in [2.75, 3.05) is 52.7 Å². The smallest absolute Gasteiger partial charge is 0.395 e. The first kappa shape index (κ1) is 23.5. The van der Waals surface area contributed by atoms with E-state index in [1.54, 1.807) is 0 Å². The Balaban J connectivity index is 0. The molecule has 0 aliphatic heterocycles. The lowest BCUT2D eigenvalue weighted by Crippen LogP contribution is -2.46. The Morgan fingerprint density at radius 1 is 0.810 bits per heavy atom. The van der Waals surface area contributed by atoms with Gasteiger partial charge in [0, 0.05) is 39.0 Å². The standard InChI is InChI=1S/C13H31NO5Si.H4Si/c1-4-17-20(18-5-2,19-6-3)13-7-8-14(9-11-15)10-12-16;/h15-16H,4-13H2,1-3H3;1H4. The minimum atomic E-state index is -2.56. The SMILES string of the molecule is CCO[Si](CCCN(CCO)CCO)(OCC)OCC.[SiH4]. The maximum Gasteiger partial charge on any atom is 0.500 e. The summed E-state index contributed by atoms with van der Waals surface area (Å²) in [6.45, 7) is 9.76. The van der Waals surface area contributed by atoms with Crippen LogP contribution < -0.4 is 0 Å². The van der Waals surface area contributed by atoms with Gasteiger partial charge < -0.3 is 23.5 Å². The molecule has 0 fully saturated rings. The summed E-state index contributed by atoms with van der Waals surface area (Å²) in [5.74, 6) is 0. The Kier molecular flexibility index (Phi) is 16.9. The van der Waals surface area contributed by atoms with Crippen LogP contribution in [0.2, 0.25) is 6.04 Å². The fraction of sp³-hybridized carbons (Fsp3) is 1.00. The summed E-state index contributed by atoms with van der Waals surface area (Å²) >= 11 is 0. The predicted molar refractivity (Wildman–Crippen MR) is 92.0 cm³/mol. The fourth-order valence-corrected chi connectivity index (χ4v) is 4.73. The minimum absolute atomic E-state index is 0. The van der Waals surface area contributed by atoms with Crippen LogP contribution in [0.4, 0.5) is 0 Å². The molecule has 21 heavy (non-hydrogen) atoms. The van der Waals surface area contributed by atoms with Crippen molar-refractivity contribution in [1.29, 1.82) is 0 Å². The van der Waals surface area contributed by atoms with Gasteiger partial charge in [0.25, 0.3) is 0 Å². The molecule has 6 nitrogen and oxygen atoms in total. The van der Waals surface area contributed by atoms with Crippen LogP contribution in [0.15, 0.2) is 0 Å². The third kappa shape index (κ3) is 10.5. The molecular formula is C13H35NO5Si2. The highest BCUT2D eigenvalue weighted by atomic mass is 28.4. The quantitative estimate of drug-likeness (QED) is 0.406. The van der Waals surface area contributed by atoms with Crippen molar-refractivity contribution in [3.63, 3.8) is 0 Å². The van der Waals surface area contributed by atoms with E-state index in [4.69, 9.17) is 23.5 Å². The van der Waals surface area contributed by atoms with Gasteiger partial charge in [-0.05, 0) is 44.7 Å². The molecule has 0 rings (SSSR count). The molecule has 2 N–H and O–H groups in total. The molecule has 0 unspecified atom stereocenters. The van der Waals surface area contributed by atoms with E-state index >= 15 is 0 Å². The first-order chi connectivity index (χ1) is 9.67. The number of aliphatic hydroxyl groups is 2. The second-order valence-corrected chi connectivity index (χ2v) is 7.11. The summed E-state index contributed by atoms with van der Waals surface area (Å²) in [7, 11) is -2.56. The zero-order chi connectivity index (χ0) is 15.3. The normalized spacial score (nSPS) is 11.7. The van der Waals surface area contributed by atoms with E-state index in [0.717, 1.165) is 19.0 Å². The molecule has 0 bridgehead atoms. The Bertz CT molecular complexity index is 202.